The van der Waals surface area contributed by atoms with Crippen molar-refractivity contribution in [2.45, 2.75) is 35.5 Å². The van der Waals surface area contributed by atoms with Gasteiger partial charge in [0.1, 0.15) is 5.76 Å². The van der Waals surface area contributed by atoms with Crippen LogP contribution in [0, 0.1) is 0 Å². The highest BCUT2D eigenvalue weighted by atomic mass is 32.2. The minimum Gasteiger partial charge on any atom is -0.447 e. The number of thioether (sulfide) groups is 1. The predicted molar refractivity (Wildman–Crippen MR) is 97.0 cm³/mol. The van der Waals surface area contributed by atoms with E-state index in [1.54, 1.807) is 17.8 Å². The van der Waals surface area contributed by atoms with Gasteiger partial charge in [-0.1, -0.05) is 0 Å². The van der Waals surface area contributed by atoms with E-state index < -0.39 is 10.0 Å². The second-order valence-electron chi connectivity index (χ2n) is 5.83. The SMILES string of the molecule is CC(=O)Nc1ccc(SCc2ccc(S(=O)(=O)N3CCCC3)o2)cc1. The summed E-state index contributed by atoms with van der Waals surface area (Å²) in [6, 6.07) is 10.7. The Balaban J connectivity index is 1.61. The van der Waals surface area contributed by atoms with E-state index in [0.717, 1.165) is 23.4 Å². The molecule has 0 atom stereocenters. The van der Waals surface area contributed by atoms with Crippen molar-refractivity contribution in [2.75, 3.05) is 18.4 Å². The molecule has 1 saturated heterocycles. The molecule has 2 aromatic rings. The van der Waals surface area contributed by atoms with E-state index in [-0.39, 0.29) is 11.0 Å². The van der Waals surface area contributed by atoms with Crippen LogP contribution in [0.2, 0.25) is 0 Å². The second kappa shape index (κ2) is 7.63. The van der Waals surface area contributed by atoms with E-state index in [1.165, 1.54) is 17.3 Å². The van der Waals surface area contributed by atoms with Crippen LogP contribution < -0.4 is 5.32 Å². The number of nitrogens with zero attached hydrogens (tertiary/aromatic N) is 1. The fraction of sp³-hybridized carbons (Fsp3) is 0.353. The van der Waals surface area contributed by atoms with E-state index in [0.29, 0.717) is 24.6 Å². The van der Waals surface area contributed by atoms with Gasteiger partial charge in [-0.25, -0.2) is 8.42 Å². The third kappa shape index (κ3) is 4.45. The highest BCUT2D eigenvalue weighted by Gasteiger charge is 2.29. The van der Waals surface area contributed by atoms with Gasteiger partial charge in [-0.3, -0.25) is 4.79 Å². The number of anilines is 1. The van der Waals surface area contributed by atoms with E-state index in [4.69, 9.17) is 4.42 Å². The van der Waals surface area contributed by atoms with Crippen LogP contribution in [0.5, 0.6) is 0 Å². The molecule has 0 unspecified atom stereocenters. The maximum absolute atomic E-state index is 12.4. The Morgan fingerprint density at radius 1 is 1.16 bits per heavy atom. The zero-order chi connectivity index (χ0) is 17.9. The average Bonchev–Trinajstić information content (AvgIpc) is 3.26. The summed E-state index contributed by atoms with van der Waals surface area (Å²) in [4.78, 5) is 12.0. The van der Waals surface area contributed by atoms with Gasteiger partial charge >= 0.3 is 0 Å². The van der Waals surface area contributed by atoms with Crippen molar-refractivity contribution in [3.05, 3.63) is 42.2 Å². The van der Waals surface area contributed by atoms with Crippen molar-refractivity contribution in [1.29, 1.82) is 0 Å². The molecule has 1 aliphatic heterocycles. The quantitative estimate of drug-likeness (QED) is 0.778. The number of benzene rings is 1. The molecule has 0 saturated carbocycles. The topological polar surface area (TPSA) is 79.6 Å². The molecule has 1 aromatic carbocycles. The molecule has 8 heteroatoms. The summed E-state index contributed by atoms with van der Waals surface area (Å²) in [7, 11) is -3.50. The van der Waals surface area contributed by atoms with Crippen molar-refractivity contribution in [1.82, 2.24) is 4.31 Å². The van der Waals surface area contributed by atoms with Gasteiger partial charge in [0.25, 0.3) is 10.0 Å². The molecule has 0 radical (unpaired) electrons. The lowest BCUT2D eigenvalue weighted by Crippen LogP contribution is -2.27. The molecule has 0 bridgehead atoms. The van der Waals surface area contributed by atoms with Crippen molar-refractivity contribution >= 4 is 33.4 Å². The summed E-state index contributed by atoms with van der Waals surface area (Å²) in [6.07, 6.45) is 1.80. The van der Waals surface area contributed by atoms with E-state index >= 15 is 0 Å². The first-order chi connectivity index (χ1) is 11.9. The maximum atomic E-state index is 12.4. The average molecular weight is 380 g/mol. The first kappa shape index (κ1) is 18.0. The van der Waals surface area contributed by atoms with Gasteiger partial charge in [0.2, 0.25) is 11.0 Å². The minimum absolute atomic E-state index is 0.0195. The highest BCUT2D eigenvalue weighted by molar-refractivity contribution is 7.98. The van der Waals surface area contributed by atoms with Crippen molar-refractivity contribution in [3.63, 3.8) is 0 Å². The molecule has 1 fully saturated rings. The Bertz CT molecular complexity index is 838. The normalized spacial score (nSPS) is 15.4. The zero-order valence-corrected chi connectivity index (χ0v) is 15.5. The van der Waals surface area contributed by atoms with Crippen LogP contribution in [-0.4, -0.2) is 31.7 Å². The van der Waals surface area contributed by atoms with Gasteiger partial charge in [-0.15, -0.1) is 11.8 Å². The van der Waals surface area contributed by atoms with Gasteiger partial charge in [0.05, 0.1) is 5.75 Å². The molecule has 3 rings (SSSR count). The van der Waals surface area contributed by atoms with E-state index in [2.05, 4.69) is 5.32 Å². The summed E-state index contributed by atoms with van der Waals surface area (Å²) in [5, 5.41) is 2.73. The molecule has 1 aromatic heterocycles. The van der Waals surface area contributed by atoms with Crippen LogP contribution in [0.25, 0.3) is 0 Å². The zero-order valence-electron chi connectivity index (χ0n) is 13.9. The van der Waals surface area contributed by atoms with E-state index in [1.807, 2.05) is 24.3 Å². The minimum atomic E-state index is -3.50. The number of rotatable bonds is 6. The molecular weight excluding hydrogens is 360 g/mol. The number of carbonyl (C=O) groups is 1. The summed E-state index contributed by atoms with van der Waals surface area (Å²) < 4.78 is 31.9. The third-order valence-corrected chi connectivity index (χ3v) is 6.66. The maximum Gasteiger partial charge on any atom is 0.276 e. The Hall–Kier alpha value is -1.77. The molecule has 2 heterocycles. The number of carbonyl (C=O) groups excluding carboxylic acids is 1. The van der Waals surface area contributed by atoms with Crippen molar-refractivity contribution in [3.8, 4) is 0 Å². The smallest absolute Gasteiger partial charge is 0.276 e. The lowest BCUT2D eigenvalue weighted by Gasteiger charge is -2.12. The molecule has 1 aliphatic rings. The van der Waals surface area contributed by atoms with Crippen LogP contribution in [0.3, 0.4) is 0 Å². The Labute approximate surface area is 151 Å². The monoisotopic (exact) mass is 380 g/mol. The molecule has 1 N–H and O–H groups in total. The first-order valence-electron chi connectivity index (χ1n) is 8.04. The van der Waals surface area contributed by atoms with Crippen LogP contribution in [0.15, 0.2) is 50.8 Å². The predicted octanol–water partition coefficient (Wildman–Crippen LogP) is 3.31. The van der Waals surface area contributed by atoms with Gasteiger partial charge in [0.15, 0.2) is 0 Å². The van der Waals surface area contributed by atoms with Gasteiger partial charge in [-0.2, -0.15) is 4.31 Å². The van der Waals surface area contributed by atoms with Crippen LogP contribution >= 0.6 is 11.8 Å². The van der Waals surface area contributed by atoms with Gasteiger partial charge < -0.3 is 9.73 Å². The number of amides is 1. The summed E-state index contributed by atoms with van der Waals surface area (Å²) in [5.41, 5.74) is 0.744. The molecule has 6 nitrogen and oxygen atoms in total. The number of hydrogen-bond donors (Lipinski definition) is 1. The van der Waals surface area contributed by atoms with Gasteiger partial charge in [0, 0.05) is 30.6 Å². The van der Waals surface area contributed by atoms with Crippen molar-refractivity contribution in [2.24, 2.45) is 0 Å². The summed E-state index contributed by atoms with van der Waals surface area (Å²) >= 11 is 1.54. The first-order valence-corrected chi connectivity index (χ1v) is 10.5. The number of furan rings is 1. The summed E-state index contributed by atoms with van der Waals surface area (Å²) in [5.74, 6) is 1.05. The number of nitrogens with one attached hydrogen (secondary N) is 1. The highest BCUT2D eigenvalue weighted by Crippen LogP contribution is 2.28. The molecular formula is C17H20N2O4S2. The Kier molecular flexibility index (Phi) is 5.51. The van der Waals surface area contributed by atoms with Crippen LogP contribution in [0.1, 0.15) is 25.5 Å². The molecule has 134 valence electrons. The molecule has 25 heavy (non-hydrogen) atoms. The fourth-order valence-corrected chi connectivity index (χ4v) is 4.86. The van der Waals surface area contributed by atoms with Crippen LogP contribution in [-0.2, 0) is 20.6 Å². The van der Waals surface area contributed by atoms with E-state index in [9.17, 15) is 13.2 Å². The van der Waals surface area contributed by atoms with Crippen molar-refractivity contribution < 1.29 is 17.6 Å². The lowest BCUT2D eigenvalue weighted by molar-refractivity contribution is -0.114. The second-order valence-corrected chi connectivity index (χ2v) is 8.74. The number of sulfonamides is 1. The lowest BCUT2D eigenvalue weighted by atomic mass is 10.3. The standard InChI is InChI=1S/C17H20N2O4S2/c1-13(20)18-14-4-7-16(8-5-14)24-12-15-6-9-17(23-15)25(21,22)19-10-2-3-11-19/h4-9H,2-3,10-12H2,1H3,(H,18,20). The van der Waals surface area contributed by atoms with Crippen LogP contribution in [0.4, 0.5) is 5.69 Å². The summed E-state index contributed by atoms with van der Waals surface area (Å²) in [6.45, 7) is 2.59. The Morgan fingerprint density at radius 2 is 1.84 bits per heavy atom. The Morgan fingerprint density at radius 3 is 2.48 bits per heavy atom. The molecule has 1 amide bonds. The largest absolute Gasteiger partial charge is 0.447 e. The molecule has 0 spiro atoms. The number of hydrogen-bond acceptors (Lipinski definition) is 5. The fourth-order valence-electron chi connectivity index (χ4n) is 2.62. The van der Waals surface area contributed by atoms with Gasteiger partial charge in [-0.05, 0) is 49.2 Å². The molecule has 0 aliphatic carbocycles. The third-order valence-electron chi connectivity index (χ3n) is 3.85.